The lowest BCUT2D eigenvalue weighted by Gasteiger charge is -2.35. The van der Waals surface area contributed by atoms with E-state index in [0.29, 0.717) is 54.8 Å². The van der Waals surface area contributed by atoms with E-state index in [2.05, 4.69) is 0 Å². The van der Waals surface area contributed by atoms with Crippen molar-refractivity contribution in [3.63, 3.8) is 0 Å². The van der Waals surface area contributed by atoms with Crippen molar-refractivity contribution in [3.05, 3.63) is 38.2 Å². The van der Waals surface area contributed by atoms with Gasteiger partial charge in [-0.2, -0.15) is 17.0 Å². The minimum Gasteiger partial charge on any atom is -0.506 e. The quantitative estimate of drug-likeness (QED) is 0.743. The largest absolute Gasteiger partial charge is 0.506 e. The van der Waals surface area contributed by atoms with E-state index in [4.69, 9.17) is 16.0 Å². The van der Waals surface area contributed by atoms with E-state index in [-0.39, 0.29) is 10.8 Å². The van der Waals surface area contributed by atoms with Crippen LogP contribution in [0.4, 0.5) is 0 Å². The van der Waals surface area contributed by atoms with Crippen LogP contribution in [-0.4, -0.2) is 67.3 Å². The summed E-state index contributed by atoms with van der Waals surface area (Å²) in [5.74, 6) is -0.121. The highest BCUT2D eigenvalue weighted by Gasteiger charge is 2.29. The zero-order valence-electron chi connectivity index (χ0n) is 16.3. The second-order valence-electron chi connectivity index (χ2n) is 7.17. The zero-order chi connectivity index (χ0) is 20.8. The third kappa shape index (κ3) is 3.65. The molecule has 0 amide bonds. The fraction of sp³-hybridized carbons (Fsp3) is 0.500. The van der Waals surface area contributed by atoms with Gasteiger partial charge in [0.1, 0.15) is 11.3 Å². The molecule has 10 heteroatoms. The average Bonchev–Trinajstić information content (AvgIpc) is 2.65. The highest BCUT2D eigenvalue weighted by Crippen LogP contribution is 2.36. The number of hydrogen-bond donors (Lipinski definition) is 1. The van der Waals surface area contributed by atoms with Crippen LogP contribution in [0.25, 0.3) is 11.0 Å². The molecule has 0 unspecified atom stereocenters. The minimum absolute atomic E-state index is 0.121. The Morgan fingerprint density at radius 1 is 1.18 bits per heavy atom. The number of phenolic OH excluding ortho intramolecular Hbond substituents is 1. The Morgan fingerprint density at radius 2 is 1.79 bits per heavy atom. The van der Waals surface area contributed by atoms with Gasteiger partial charge in [-0.3, -0.25) is 4.90 Å². The molecule has 1 aromatic heterocycles. The fourth-order valence-electron chi connectivity index (χ4n) is 3.31. The van der Waals surface area contributed by atoms with Crippen LogP contribution in [-0.2, 0) is 16.8 Å². The van der Waals surface area contributed by atoms with Crippen molar-refractivity contribution in [2.75, 3.05) is 40.3 Å². The molecular weight excluding hydrogens is 406 g/mol. The van der Waals surface area contributed by atoms with Gasteiger partial charge in [-0.05, 0) is 25.5 Å². The number of hydrogen-bond acceptors (Lipinski definition) is 6. The predicted molar refractivity (Wildman–Crippen MR) is 108 cm³/mol. The molecule has 1 N–H and O–H groups in total. The van der Waals surface area contributed by atoms with Crippen molar-refractivity contribution < 1.29 is 17.9 Å². The number of phenols is 1. The number of aryl methyl sites for hydroxylation is 1. The first-order valence-corrected chi connectivity index (χ1v) is 10.7. The van der Waals surface area contributed by atoms with Gasteiger partial charge in [0.05, 0.1) is 10.6 Å². The van der Waals surface area contributed by atoms with Gasteiger partial charge >= 0.3 is 5.63 Å². The fourth-order valence-corrected chi connectivity index (χ4v) is 4.62. The summed E-state index contributed by atoms with van der Waals surface area (Å²) in [6, 6.07) is 1.60. The van der Waals surface area contributed by atoms with Crippen molar-refractivity contribution in [2.45, 2.75) is 20.4 Å². The predicted octanol–water partition coefficient (Wildman–Crippen LogP) is 1.69. The van der Waals surface area contributed by atoms with Crippen LogP contribution >= 0.6 is 11.6 Å². The van der Waals surface area contributed by atoms with E-state index >= 15 is 0 Å². The highest BCUT2D eigenvalue weighted by atomic mass is 35.5. The van der Waals surface area contributed by atoms with Crippen LogP contribution in [0.5, 0.6) is 5.75 Å². The van der Waals surface area contributed by atoms with Gasteiger partial charge in [0.25, 0.3) is 10.2 Å². The van der Waals surface area contributed by atoms with Crippen LogP contribution in [0.1, 0.15) is 16.7 Å². The molecule has 1 aliphatic rings. The summed E-state index contributed by atoms with van der Waals surface area (Å²) in [5, 5.41) is 11.4. The summed E-state index contributed by atoms with van der Waals surface area (Å²) in [6.07, 6.45) is 0. The van der Waals surface area contributed by atoms with Gasteiger partial charge in [-0.1, -0.05) is 11.6 Å². The molecule has 1 aliphatic heterocycles. The van der Waals surface area contributed by atoms with Crippen molar-refractivity contribution in [1.29, 1.82) is 0 Å². The first kappa shape index (κ1) is 21.1. The summed E-state index contributed by atoms with van der Waals surface area (Å²) in [4.78, 5) is 14.1. The molecule has 8 nitrogen and oxygen atoms in total. The van der Waals surface area contributed by atoms with E-state index in [1.165, 1.54) is 22.7 Å². The number of nitrogens with zero attached hydrogens (tertiary/aromatic N) is 3. The van der Waals surface area contributed by atoms with E-state index in [1.54, 1.807) is 13.0 Å². The van der Waals surface area contributed by atoms with Gasteiger partial charge < -0.3 is 9.52 Å². The van der Waals surface area contributed by atoms with Gasteiger partial charge in [0.15, 0.2) is 0 Å². The number of benzene rings is 1. The van der Waals surface area contributed by atoms with Crippen molar-refractivity contribution >= 4 is 32.8 Å². The van der Waals surface area contributed by atoms with E-state index in [9.17, 15) is 18.3 Å². The number of rotatable bonds is 4. The van der Waals surface area contributed by atoms with Gasteiger partial charge in [0.2, 0.25) is 0 Å². The van der Waals surface area contributed by atoms with Crippen LogP contribution in [0, 0.1) is 13.8 Å². The molecule has 3 rings (SSSR count). The molecular formula is C18H24ClN3O5S. The molecule has 154 valence electrons. The van der Waals surface area contributed by atoms with Gasteiger partial charge in [-0.15, -0.1) is 0 Å². The number of halogens is 1. The van der Waals surface area contributed by atoms with E-state index in [1.807, 2.05) is 11.8 Å². The molecule has 0 bridgehead atoms. The second kappa shape index (κ2) is 7.64. The Hall–Kier alpha value is -1.65. The first-order valence-electron chi connectivity index (χ1n) is 8.88. The molecule has 2 aromatic rings. The topological polar surface area (TPSA) is 94.3 Å². The smallest absolute Gasteiger partial charge is 0.339 e. The third-order valence-electron chi connectivity index (χ3n) is 5.27. The van der Waals surface area contributed by atoms with Crippen molar-refractivity contribution in [3.8, 4) is 5.75 Å². The lowest BCUT2D eigenvalue weighted by Crippen LogP contribution is -2.51. The molecule has 1 fully saturated rings. The van der Waals surface area contributed by atoms with E-state index in [0.717, 1.165) is 5.56 Å². The molecule has 1 saturated heterocycles. The molecule has 1 aromatic carbocycles. The maximum Gasteiger partial charge on any atom is 0.339 e. The van der Waals surface area contributed by atoms with Crippen LogP contribution in [0.2, 0.25) is 5.02 Å². The molecule has 0 saturated carbocycles. The SMILES string of the molecule is Cc1c(C)c2cc(Cl)c(O)c(CN3CCN(S(=O)(=O)N(C)C)CC3)c2oc1=O. The Morgan fingerprint density at radius 3 is 2.36 bits per heavy atom. The number of piperazine rings is 1. The van der Waals surface area contributed by atoms with E-state index < -0.39 is 15.8 Å². The maximum absolute atomic E-state index is 12.3. The second-order valence-corrected chi connectivity index (χ2v) is 9.72. The normalized spacial score (nSPS) is 16.9. The summed E-state index contributed by atoms with van der Waals surface area (Å²) < 4.78 is 32.6. The number of aromatic hydroxyl groups is 1. The third-order valence-corrected chi connectivity index (χ3v) is 7.50. The van der Waals surface area contributed by atoms with Crippen LogP contribution in [0.3, 0.4) is 0 Å². The Labute approximate surface area is 169 Å². The minimum atomic E-state index is -3.45. The monoisotopic (exact) mass is 429 g/mol. The van der Waals surface area contributed by atoms with Gasteiger partial charge in [-0.25, -0.2) is 4.79 Å². The molecule has 0 atom stereocenters. The molecule has 0 radical (unpaired) electrons. The molecule has 0 aliphatic carbocycles. The number of fused-ring (bicyclic) bond motifs is 1. The lowest BCUT2D eigenvalue weighted by molar-refractivity contribution is 0.176. The highest BCUT2D eigenvalue weighted by molar-refractivity contribution is 7.86. The Balaban J connectivity index is 1.92. The lowest BCUT2D eigenvalue weighted by atomic mass is 10.0. The average molecular weight is 430 g/mol. The Kier molecular flexibility index (Phi) is 5.75. The first-order chi connectivity index (χ1) is 13.0. The van der Waals surface area contributed by atoms with Crippen LogP contribution in [0.15, 0.2) is 15.3 Å². The van der Waals surface area contributed by atoms with Crippen LogP contribution < -0.4 is 5.63 Å². The van der Waals surface area contributed by atoms with Crippen molar-refractivity contribution in [1.82, 2.24) is 13.5 Å². The summed E-state index contributed by atoms with van der Waals surface area (Å²) in [7, 11) is -0.444. The van der Waals surface area contributed by atoms with Gasteiger partial charge in [0, 0.05) is 57.8 Å². The summed E-state index contributed by atoms with van der Waals surface area (Å²) in [5.41, 5.74) is 1.57. The Bertz CT molecular complexity index is 1070. The summed E-state index contributed by atoms with van der Waals surface area (Å²) in [6.45, 7) is 5.43. The van der Waals surface area contributed by atoms with Crippen molar-refractivity contribution in [2.24, 2.45) is 0 Å². The maximum atomic E-state index is 12.3. The summed E-state index contributed by atoms with van der Waals surface area (Å²) >= 11 is 6.21. The standard InChI is InChI=1S/C18H24ClN3O5S/c1-11-12(2)18(24)27-17-13(11)9-15(19)16(23)14(17)10-21-5-7-22(8-6-21)28(25,26)20(3)4/h9,23H,5-8,10H2,1-4H3. The molecule has 0 spiro atoms. The zero-order valence-corrected chi connectivity index (χ0v) is 17.9. The molecule has 2 heterocycles. The molecule has 28 heavy (non-hydrogen) atoms.